The van der Waals surface area contributed by atoms with Gasteiger partial charge in [0.2, 0.25) is 0 Å². The zero-order valence-corrected chi connectivity index (χ0v) is 9.39. The predicted octanol–water partition coefficient (Wildman–Crippen LogP) is 3.35. The maximum Gasteiger partial charge on any atom is 0.169 e. The number of rotatable bonds is 3. The lowest BCUT2D eigenvalue weighted by Crippen LogP contribution is -2.20. The van der Waals surface area contributed by atoms with Crippen LogP contribution in [0.25, 0.3) is 0 Å². The fourth-order valence-electron chi connectivity index (χ4n) is 0.855. The lowest BCUT2D eigenvalue weighted by Gasteiger charge is -2.13. The van der Waals surface area contributed by atoms with Crippen molar-refractivity contribution in [2.75, 3.05) is 0 Å². The van der Waals surface area contributed by atoms with Crippen LogP contribution in [0, 0.1) is 0 Å². The van der Waals surface area contributed by atoms with Gasteiger partial charge in [0.05, 0.1) is 10.0 Å². The molecule has 14 heavy (non-hydrogen) atoms. The maximum atomic E-state index is 11.0. The van der Waals surface area contributed by atoms with Gasteiger partial charge in [-0.3, -0.25) is 4.79 Å². The Hall–Kier alpha value is -0.730. The van der Waals surface area contributed by atoms with Crippen molar-refractivity contribution in [2.45, 2.75) is 20.0 Å². The Balaban J connectivity index is 2.91. The van der Waals surface area contributed by atoms with E-state index in [9.17, 15) is 4.79 Å². The smallest absolute Gasteiger partial charge is 0.169 e. The highest BCUT2D eigenvalue weighted by Gasteiger charge is 2.13. The third kappa shape index (κ3) is 2.63. The van der Waals surface area contributed by atoms with Crippen LogP contribution in [0.3, 0.4) is 0 Å². The molecule has 0 bridgehead atoms. The molecule has 0 N–H and O–H groups in total. The Morgan fingerprint density at radius 3 is 2.29 bits per heavy atom. The molecule has 0 radical (unpaired) electrons. The Labute approximate surface area is 92.8 Å². The number of benzene rings is 1. The number of para-hydroxylation sites is 1. The van der Waals surface area contributed by atoms with Crippen molar-refractivity contribution in [3.8, 4) is 5.75 Å². The summed E-state index contributed by atoms with van der Waals surface area (Å²) in [6.07, 6.45) is -0.535. The van der Waals surface area contributed by atoms with Crippen molar-refractivity contribution in [3.05, 3.63) is 28.2 Å². The molecular weight excluding hydrogens is 223 g/mol. The zero-order valence-electron chi connectivity index (χ0n) is 7.88. The fraction of sp³-hybridized carbons (Fsp3) is 0.300. The van der Waals surface area contributed by atoms with Crippen LogP contribution >= 0.6 is 23.2 Å². The first kappa shape index (κ1) is 11.3. The van der Waals surface area contributed by atoms with Crippen molar-refractivity contribution < 1.29 is 9.53 Å². The Bertz CT molecular complexity index is 330. The van der Waals surface area contributed by atoms with E-state index in [1.54, 1.807) is 25.1 Å². The van der Waals surface area contributed by atoms with Crippen LogP contribution in [0.1, 0.15) is 13.8 Å². The summed E-state index contributed by atoms with van der Waals surface area (Å²) >= 11 is 11.7. The SMILES string of the molecule is CC(=O)C(C)Oc1c(Cl)cccc1Cl. The second-order valence-corrected chi connectivity index (χ2v) is 3.74. The largest absolute Gasteiger partial charge is 0.480 e. The molecule has 0 fully saturated rings. The molecule has 1 aromatic carbocycles. The Kier molecular flexibility index (Phi) is 3.78. The van der Waals surface area contributed by atoms with E-state index in [0.717, 1.165) is 0 Å². The van der Waals surface area contributed by atoms with Crippen LogP contribution in [0.2, 0.25) is 10.0 Å². The van der Waals surface area contributed by atoms with Crippen molar-refractivity contribution in [2.24, 2.45) is 0 Å². The normalized spacial score (nSPS) is 12.3. The molecule has 1 rings (SSSR count). The second-order valence-electron chi connectivity index (χ2n) is 2.92. The highest BCUT2D eigenvalue weighted by Crippen LogP contribution is 2.33. The Morgan fingerprint density at radius 2 is 1.86 bits per heavy atom. The average molecular weight is 233 g/mol. The van der Waals surface area contributed by atoms with Gasteiger partial charge in [-0.25, -0.2) is 0 Å². The van der Waals surface area contributed by atoms with Crippen molar-refractivity contribution in [1.29, 1.82) is 0 Å². The molecule has 0 spiro atoms. The van der Waals surface area contributed by atoms with E-state index in [4.69, 9.17) is 27.9 Å². The first-order valence-corrected chi connectivity index (χ1v) is 4.89. The molecule has 2 nitrogen and oxygen atoms in total. The molecule has 0 heterocycles. The molecule has 0 saturated heterocycles. The van der Waals surface area contributed by atoms with E-state index >= 15 is 0 Å². The number of halogens is 2. The van der Waals surface area contributed by atoms with E-state index < -0.39 is 6.10 Å². The summed E-state index contributed by atoms with van der Waals surface area (Å²) in [6.45, 7) is 3.11. The van der Waals surface area contributed by atoms with Crippen LogP contribution < -0.4 is 4.74 Å². The summed E-state index contributed by atoms with van der Waals surface area (Å²) in [5.74, 6) is 0.291. The van der Waals surface area contributed by atoms with Gasteiger partial charge < -0.3 is 4.74 Å². The molecule has 0 aromatic heterocycles. The van der Waals surface area contributed by atoms with Crippen LogP contribution in [-0.4, -0.2) is 11.9 Å². The lowest BCUT2D eigenvalue weighted by molar-refractivity contribution is -0.122. The highest BCUT2D eigenvalue weighted by atomic mass is 35.5. The van der Waals surface area contributed by atoms with E-state index in [0.29, 0.717) is 15.8 Å². The lowest BCUT2D eigenvalue weighted by atomic mass is 10.3. The number of hydrogen-bond acceptors (Lipinski definition) is 2. The average Bonchev–Trinajstić information content (AvgIpc) is 2.11. The third-order valence-corrected chi connectivity index (χ3v) is 2.38. The Morgan fingerprint density at radius 1 is 1.36 bits per heavy atom. The number of ether oxygens (including phenoxy) is 1. The van der Waals surface area contributed by atoms with Gasteiger partial charge in [-0.1, -0.05) is 29.3 Å². The molecule has 1 atom stereocenters. The summed E-state index contributed by atoms with van der Waals surface area (Å²) in [7, 11) is 0. The van der Waals surface area contributed by atoms with Gasteiger partial charge in [0.15, 0.2) is 17.6 Å². The summed E-state index contributed by atoms with van der Waals surface area (Å²) in [5, 5.41) is 0.816. The van der Waals surface area contributed by atoms with Crippen LogP contribution in [0.5, 0.6) is 5.75 Å². The van der Waals surface area contributed by atoms with Gasteiger partial charge in [-0.15, -0.1) is 0 Å². The van der Waals surface area contributed by atoms with Gasteiger partial charge in [-0.2, -0.15) is 0 Å². The number of hydrogen-bond donors (Lipinski definition) is 0. The van der Waals surface area contributed by atoms with Gasteiger partial charge in [0.1, 0.15) is 0 Å². The van der Waals surface area contributed by atoms with E-state index in [2.05, 4.69) is 0 Å². The van der Waals surface area contributed by atoms with Crippen molar-refractivity contribution in [3.63, 3.8) is 0 Å². The van der Waals surface area contributed by atoms with Crippen LogP contribution in [0.4, 0.5) is 0 Å². The van der Waals surface area contributed by atoms with Crippen LogP contribution in [0.15, 0.2) is 18.2 Å². The van der Waals surface area contributed by atoms with Gasteiger partial charge in [0.25, 0.3) is 0 Å². The quantitative estimate of drug-likeness (QED) is 0.800. The molecule has 1 aromatic rings. The fourth-order valence-corrected chi connectivity index (χ4v) is 1.34. The molecular formula is C10H10Cl2O2. The highest BCUT2D eigenvalue weighted by molar-refractivity contribution is 6.37. The minimum absolute atomic E-state index is 0.0685. The topological polar surface area (TPSA) is 26.3 Å². The maximum absolute atomic E-state index is 11.0. The first-order chi connectivity index (χ1) is 6.52. The molecule has 1 unspecified atom stereocenters. The summed E-state index contributed by atoms with van der Waals surface area (Å²) < 4.78 is 5.32. The van der Waals surface area contributed by atoms with Crippen molar-refractivity contribution >= 4 is 29.0 Å². The van der Waals surface area contributed by atoms with E-state index in [1.807, 2.05) is 0 Å². The number of carbonyl (C=O) groups is 1. The monoisotopic (exact) mass is 232 g/mol. The van der Waals surface area contributed by atoms with Gasteiger partial charge >= 0.3 is 0 Å². The predicted molar refractivity (Wildman–Crippen MR) is 57.2 cm³/mol. The summed E-state index contributed by atoms with van der Waals surface area (Å²) in [6, 6.07) is 5.04. The molecule has 76 valence electrons. The standard InChI is InChI=1S/C10H10Cl2O2/c1-6(13)7(2)14-10-8(11)4-3-5-9(10)12/h3-5,7H,1-2H3. The van der Waals surface area contributed by atoms with E-state index in [1.165, 1.54) is 6.92 Å². The molecule has 0 aliphatic rings. The number of ketones is 1. The first-order valence-electron chi connectivity index (χ1n) is 4.13. The van der Waals surface area contributed by atoms with E-state index in [-0.39, 0.29) is 5.78 Å². The number of carbonyl (C=O) groups excluding carboxylic acids is 1. The second kappa shape index (κ2) is 4.67. The molecule has 0 aliphatic carbocycles. The van der Waals surface area contributed by atoms with Gasteiger partial charge in [-0.05, 0) is 26.0 Å². The summed E-state index contributed by atoms with van der Waals surface area (Å²) in [5.41, 5.74) is 0. The molecule has 4 heteroatoms. The third-order valence-electron chi connectivity index (χ3n) is 1.79. The minimum Gasteiger partial charge on any atom is -0.480 e. The van der Waals surface area contributed by atoms with Gasteiger partial charge in [0, 0.05) is 0 Å². The summed E-state index contributed by atoms with van der Waals surface area (Å²) in [4.78, 5) is 11.0. The number of Topliss-reactive ketones (excluding diaryl/α,β-unsaturated/α-hetero) is 1. The van der Waals surface area contributed by atoms with Crippen molar-refractivity contribution in [1.82, 2.24) is 0 Å². The molecule has 0 amide bonds. The zero-order chi connectivity index (χ0) is 10.7. The minimum atomic E-state index is -0.535. The molecule has 0 aliphatic heterocycles. The molecule has 0 saturated carbocycles. The van der Waals surface area contributed by atoms with Crippen LogP contribution in [-0.2, 0) is 4.79 Å².